The Hall–Kier alpha value is -8.62. The molecule has 0 saturated heterocycles. The quantitative estimate of drug-likeness (QED) is 0.0339. The van der Waals surface area contributed by atoms with Crippen molar-refractivity contribution in [3.05, 3.63) is 247 Å². The molecular formula is C112H158O12. The van der Waals surface area contributed by atoms with E-state index >= 15 is 0 Å². The number of hydrogen-bond donors (Lipinski definition) is 0. The van der Waals surface area contributed by atoms with Gasteiger partial charge in [-0.15, -0.1) is 0 Å². The van der Waals surface area contributed by atoms with Crippen LogP contribution in [0.4, 0.5) is 0 Å². The van der Waals surface area contributed by atoms with Gasteiger partial charge in [-0.3, -0.25) is 0 Å². The molecule has 10 aromatic carbocycles. The third-order valence-corrected chi connectivity index (χ3v) is 23.1. The largest absolute Gasteiger partial charge is 0.497 e. The number of ether oxygens (including phenoxy) is 12. The molecule has 8 atom stereocenters. The van der Waals surface area contributed by atoms with E-state index in [0.29, 0.717) is 124 Å². The van der Waals surface area contributed by atoms with E-state index < -0.39 is 0 Å². The summed E-state index contributed by atoms with van der Waals surface area (Å²) in [5.41, 5.74) is 5.42. The van der Waals surface area contributed by atoms with Gasteiger partial charge in [-0.2, -0.15) is 0 Å². The van der Waals surface area contributed by atoms with E-state index in [4.69, 9.17) is 56.8 Å². The maximum atomic E-state index is 6.34. The lowest BCUT2D eigenvalue weighted by molar-refractivity contribution is -0.0474. The van der Waals surface area contributed by atoms with Crippen LogP contribution in [0.15, 0.2) is 224 Å². The number of unbranched alkanes of at least 4 members (excludes halogenated alkanes) is 1. The van der Waals surface area contributed by atoms with E-state index in [2.05, 4.69) is 338 Å². The first-order valence-electron chi connectivity index (χ1n) is 46.8. The molecule has 0 radical (unpaired) electrons. The Morgan fingerprint density at radius 1 is 0.226 bits per heavy atom. The minimum atomic E-state index is 0.195. The zero-order chi connectivity index (χ0) is 89.7. The topological polar surface area (TPSA) is 111 Å². The van der Waals surface area contributed by atoms with Gasteiger partial charge in [0.05, 0.1) is 78.3 Å². The average Bonchev–Trinajstić information content (AvgIpc) is 0.879. The van der Waals surface area contributed by atoms with Crippen molar-refractivity contribution >= 4 is 32.3 Å². The van der Waals surface area contributed by atoms with Crippen LogP contribution < -0.4 is 33.2 Å². The van der Waals surface area contributed by atoms with E-state index in [9.17, 15) is 0 Å². The normalized spacial score (nSPS) is 13.6. The summed E-state index contributed by atoms with van der Waals surface area (Å²) in [4.78, 5) is 0. The fourth-order valence-corrected chi connectivity index (χ4v) is 16.0. The maximum absolute atomic E-state index is 6.34. The van der Waals surface area contributed by atoms with Gasteiger partial charge in [0, 0.05) is 13.0 Å². The van der Waals surface area contributed by atoms with E-state index in [1.165, 1.54) is 61.0 Å². The number of methoxy groups -OCH3 is 3. The van der Waals surface area contributed by atoms with Crippen molar-refractivity contribution in [2.75, 3.05) is 80.8 Å². The average molecular weight is 1700 g/mol. The molecular weight excluding hydrogens is 1540 g/mol. The van der Waals surface area contributed by atoms with E-state index in [-0.39, 0.29) is 30.5 Å². The molecule has 10 aromatic rings. The van der Waals surface area contributed by atoms with Gasteiger partial charge in [0.1, 0.15) is 66.7 Å². The van der Waals surface area contributed by atoms with Crippen LogP contribution in [-0.4, -0.2) is 111 Å². The third kappa shape index (κ3) is 37.9. The van der Waals surface area contributed by atoms with Gasteiger partial charge in [0.15, 0.2) is 0 Å². The third-order valence-electron chi connectivity index (χ3n) is 23.1. The number of hydrogen-bond acceptors (Lipinski definition) is 12. The highest BCUT2D eigenvalue weighted by Crippen LogP contribution is 2.37. The molecule has 0 fully saturated rings. The van der Waals surface area contributed by atoms with Gasteiger partial charge in [0.25, 0.3) is 0 Å². The maximum Gasteiger partial charge on any atom is 0.120 e. The first kappa shape index (κ1) is 102. The summed E-state index contributed by atoms with van der Waals surface area (Å²) in [6, 6.07) is 77.7. The van der Waals surface area contributed by atoms with Crippen LogP contribution >= 0.6 is 0 Å². The second-order valence-electron chi connectivity index (χ2n) is 37.0. The predicted octanol–water partition coefficient (Wildman–Crippen LogP) is 29.3. The molecule has 0 aromatic heterocycles. The molecule has 124 heavy (non-hydrogen) atoms. The Labute approximate surface area is 749 Å². The molecule has 0 amide bonds. The van der Waals surface area contributed by atoms with Crippen LogP contribution in [0.2, 0.25) is 0 Å². The molecule has 0 aliphatic heterocycles. The molecule has 8 unspecified atom stereocenters. The van der Waals surface area contributed by atoms with Crippen molar-refractivity contribution in [2.24, 2.45) is 47.3 Å². The fourth-order valence-electron chi connectivity index (χ4n) is 16.0. The summed E-state index contributed by atoms with van der Waals surface area (Å²) >= 11 is 0. The lowest BCUT2D eigenvalue weighted by Gasteiger charge is -2.28. The van der Waals surface area contributed by atoms with Crippen LogP contribution in [0.1, 0.15) is 242 Å². The van der Waals surface area contributed by atoms with Crippen LogP contribution in [0, 0.1) is 47.3 Å². The number of fused-ring (bicyclic) bond motifs is 3. The van der Waals surface area contributed by atoms with E-state index in [1.54, 1.807) is 21.3 Å². The monoisotopic (exact) mass is 1700 g/mol. The SMILES string of the molecule is CCCCOC(CC(C)C)CC(OCCOc1ccc2ccccc2c1)C(C)C.COc1ccc(C(CC(C)C)CC(OCCOc2ccc(C(C)C)cc2)C(C)C)cc1.COc1ccc(C(CC(C)C)CC(OCCOc2ccc3ccccc3c2)C(C)C)cc1.COc1ccc(C(CC(C)C)CC(OCCOc2ccc3ccccc3c2)C(C)C)cc1. The second kappa shape index (κ2) is 56.5. The van der Waals surface area contributed by atoms with E-state index in [0.717, 1.165) is 105 Å². The molecule has 0 heterocycles. The zero-order valence-electron chi connectivity index (χ0n) is 80.0. The first-order valence-corrected chi connectivity index (χ1v) is 46.8. The molecule has 678 valence electrons. The molecule has 0 spiro atoms. The summed E-state index contributed by atoms with van der Waals surface area (Å²) in [5, 5.41) is 7.28. The highest BCUT2D eigenvalue weighted by atomic mass is 16.5. The Bertz CT molecular complexity index is 4290. The summed E-state index contributed by atoms with van der Waals surface area (Å²) in [5.74, 6) is 12.6. The molecule has 0 bridgehead atoms. The molecule has 0 aliphatic rings. The predicted molar refractivity (Wildman–Crippen MR) is 521 cm³/mol. The minimum absolute atomic E-state index is 0.195. The van der Waals surface area contributed by atoms with Gasteiger partial charge in [-0.05, 0) is 262 Å². The lowest BCUT2D eigenvalue weighted by Crippen LogP contribution is -2.30. The zero-order valence-corrected chi connectivity index (χ0v) is 80.0. The van der Waals surface area contributed by atoms with Gasteiger partial charge in [-0.25, -0.2) is 0 Å². The lowest BCUT2D eigenvalue weighted by atomic mass is 9.84. The van der Waals surface area contributed by atoms with Crippen molar-refractivity contribution in [2.45, 2.75) is 250 Å². The van der Waals surface area contributed by atoms with Crippen molar-refractivity contribution in [1.82, 2.24) is 0 Å². The summed E-state index contributed by atoms with van der Waals surface area (Å²) < 4.78 is 71.2. The smallest absolute Gasteiger partial charge is 0.120 e. The van der Waals surface area contributed by atoms with Crippen molar-refractivity contribution in [1.29, 1.82) is 0 Å². The first-order chi connectivity index (χ1) is 59.7. The van der Waals surface area contributed by atoms with Crippen molar-refractivity contribution in [3.8, 4) is 40.2 Å². The standard InChI is InChI=1S/2C29H38O3.C28H42O3.C26H40O3/c2*1-21(2)18-26(24-10-13-27(30-5)14-11-24)20-29(22(3)4)32-17-16-31-28-15-12-23-8-6-7-9-25(23)19-28;1-20(2)18-25(24-10-12-26(29-7)13-11-24)19-28(22(5)6)31-17-16-30-27-14-8-23(9-15-27)21(3)4;1-6-7-14-27-25(17-20(2)3)19-26(21(4)5)29-16-15-28-24-13-12-22-10-8-9-11-23(22)18-24/h2*6-15,19,21-22,26,29H,16-18,20H2,1-5H3;8-15,20-22,25,28H,16-19H2,1-7H3;8-13,18,20-21,25-26H,6-7,14-17,19H2,1-5H3. The van der Waals surface area contributed by atoms with Crippen molar-refractivity contribution in [3.63, 3.8) is 0 Å². The van der Waals surface area contributed by atoms with Crippen LogP contribution in [0.25, 0.3) is 32.3 Å². The van der Waals surface area contributed by atoms with Gasteiger partial charge in [0.2, 0.25) is 0 Å². The van der Waals surface area contributed by atoms with Crippen LogP contribution in [-0.2, 0) is 23.7 Å². The van der Waals surface area contributed by atoms with Crippen molar-refractivity contribution < 1.29 is 56.8 Å². The van der Waals surface area contributed by atoms with Crippen LogP contribution in [0.3, 0.4) is 0 Å². The number of rotatable bonds is 51. The Kier molecular flexibility index (Phi) is 46.6. The van der Waals surface area contributed by atoms with Gasteiger partial charge < -0.3 is 56.8 Å². The van der Waals surface area contributed by atoms with Crippen LogP contribution in [0.5, 0.6) is 40.2 Å². The summed E-state index contributed by atoms with van der Waals surface area (Å²) in [7, 11) is 5.14. The van der Waals surface area contributed by atoms with E-state index in [1.807, 2.05) is 18.2 Å². The summed E-state index contributed by atoms with van der Waals surface area (Å²) in [6.07, 6.45) is 11.9. The Balaban J connectivity index is 0.000000227. The second-order valence-corrected chi connectivity index (χ2v) is 37.0. The summed E-state index contributed by atoms with van der Waals surface area (Å²) in [6.45, 7) is 48.3. The molecule has 0 saturated carbocycles. The fraction of sp³-hybridized carbons (Fsp3) is 0.518. The highest BCUT2D eigenvalue weighted by Gasteiger charge is 2.28. The Morgan fingerprint density at radius 2 is 0.484 bits per heavy atom. The van der Waals surface area contributed by atoms with Gasteiger partial charge >= 0.3 is 0 Å². The molecule has 0 aliphatic carbocycles. The Morgan fingerprint density at radius 3 is 0.750 bits per heavy atom. The van der Waals surface area contributed by atoms with Gasteiger partial charge in [-0.1, -0.05) is 277 Å². The number of benzene rings is 10. The molecule has 0 N–H and O–H groups in total. The molecule has 10 rings (SSSR count). The highest BCUT2D eigenvalue weighted by molar-refractivity contribution is 5.85. The molecule has 12 nitrogen and oxygen atoms in total. The molecule has 12 heteroatoms. The minimum Gasteiger partial charge on any atom is -0.497 e.